The Bertz CT molecular complexity index is 475. The summed E-state index contributed by atoms with van der Waals surface area (Å²) in [6.45, 7) is 0. The van der Waals surface area contributed by atoms with Gasteiger partial charge in [-0.2, -0.15) is 0 Å². The third-order valence-electron chi connectivity index (χ3n) is 1.97. The van der Waals surface area contributed by atoms with Gasteiger partial charge in [0.05, 0.1) is 10.0 Å². The van der Waals surface area contributed by atoms with Crippen LogP contribution in [0.4, 0.5) is 0 Å². The Morgan fingerprint density at radius 1 is 0.875 bits per heavy atom. The van der Waals surface area contributed by atoms with E-state index in [1.54, 1.807) is 0 Å². The number of benzene rings is 2. The van der Waals surface area contributed by atoms with Crippen molar-refractivity contribution < 1.29 is 9.84 Å². The lowest BCUT2D eigenvalue weighted by atomic mass is 10.3. The van der Waals surface area contributed by atoms with Crippen LogP contribution in [0.1, 0.15) is 0 Å². The highest BCUT2D eigenvalue weighted by Crippen LogP contribution is 2.36. The van der Waals surface area contributed by atoms with Crippen molar-refractivity contribution in [3.8, 4) is 17.2 Å². The zero-order chi connectivity index (χ0) is 11.5. The summed E-state index contributed by atoms with van der Waals surface area (Å²) in [5.41, 5.74) is 0. The number of aromatic hydroxyl groups is 1. The Morgan fingerprint density at radius 2 is 1.44 bits per heavy atom. The third-order valence-corrected chi connectivity index (χ3v) is 2.55. The van der Waals surface area contributed by atoms with Gasteiger partial charge in [-0.25, -0.2) is 0 Å². The molecule has 1 N–H and O–H groups in total. The lowest BCUT2D eigenvalue weighted by Crippen LogP contribution is -1.84. The molecule has 0 aliphatic rings. The first-order valence-corrected chi connectivity index (χ1v) is 5.33. The van der Waals surface area contributed by atoms with Crippen LogP contribution >= 0.6 is 23.2 Å². The monoisotopic (exact) mass is 254 g/mol. The fourth-order valence-corrected chi connectivity index (χ4v) is 1.69. The summed E-state index contributed by atoms with van der Waals surface area (Å²) in [5, 5.41) is 9.71. The van der Waals surface area contributed by atoms with Gasteiger partial charge in [-0.15, -0.1) is 0 Å². The van der Waals surface area contributed by atoms with E-state index in [1.807, 2.05) is 30.3 Å². The Morgan fingerprint density at radius 3 is 2.00 bits per heavy atom. The van der Waals surface area contributed by atoms with Gasteiger partial charge >= 0.3 is 0 Å². The topological polar surface area (TPSA) is 29.5 Å². The van der Waals surface area contributed by atoms with Gasteiger partial charge in [0.15, 0.2) is 5.75 Å². The molecule has 2 rings (SSSR count). The van der Waals surface area contributed by atoms with E-state index in [2.05, 4.69) is 0 Å². The minimum absolute atomic E-state index is 0.135. The van der Waals surface area contributed by atoms with Gasteiger partial charge < -0.3 is 9.84 Å². The highest BCUT2D eigenvalue weighted by molar-refractivity contribution is 6.37. The van der Waals surface area contributed by atoms with Crippen molar-refractivity contribution in [3.05, 3.63) is 52.5 Å². The third kappa shape index (κ3) is 2.40. The number of hydrogen-bond donors (Lipinski definition) is 1. The molecule has 0 aliphatic heterocycles. The van der Waals surface area contributed by atoms with Gasteiger partial charge in [-0.05, 0) is 12.1 Å². The summed E-state index contributed by atoms with van der Waals surface area (Å²) in [4.78, 5) is 0. The number of phenolic OH excluding ortho intramolecular Hbond substituents is 1. The molecule has 0 fully saturated rings. The van der Waals surface area contributed by atoms with E-state index in [4.69, 9.17) is 27.9 Å². The number of ether oxygens (including phenoxy) is 1. The number of rotatable bonds is 2. The summed E-state index contributed by atoms with van der Waals surface area (Å²) in [6.07, 6.45) is 0. The molecule has 0 aromatic heterocycles. The van der Waals surface area contributed by atoms with Gasteiger partial charge in [0.2, 0.25) is 0 Å². The van der Waals surface area contributed by atoms with E-state index < -0.39 is 0 Å². The molecule has 0 saturated carbocycles. The lowest BCUT2D eigenvalue weighted by molar-refractivity contribution is 0.465. The molecule has 4 heteroatoms. The standard InChI is InChI=1S/C12H8Cl2O2/c13-10-6-9(7-11(14)12(10)15)16-8-4-2-1-3-5-8/h1-7,15H. The second-order valence-electron chi connectivity index (χ2n) is 3.15. The van der Waals surface area contributed by atoms with Crippen molar-refractivity contribution in [1.82, 2.24) is 0 Å². The molecular weight excluding hydrogens is 247 g/mol. The maximum Gasteiger partial charge on any atom is 0.153 e. The lowest BCUT2D eigenvalue weighted by Gasteiger charge is -2.07. The molecule has 2 aromatic rings. The molecule has 0 bridgehead atoms. The Labute approximate surface area is 103 Å². The van der Waals surface area contributed by atoms with Crippen LogP contribution in [0.5, 0.6) is 17.2 Å². The summed E-state index contributed by atoms with van der Waals surface area (Å²) < 4.78 is 5.52. The Hall–Kier alpha value is -1.38. The molecule has 0 heterocycles. The zero-order valence-corrected chi connectivity index (χ0v) is 9.66. The summed E-state index contributed by atoms with van der Waals surface area (Å²) >= 11 is 11.5. The molecule has 0 atom stereocenters. The predicted molar refractivity (Wildman–Crippen MR) is 64.6 cm³/mol. The van der Waals surface area contributed by atoms with E-state index in [9.17, 15) is 5.11 Å². The predicted octanol–water partition coefficient (Wildman–Crippen LogP) is 4.49. The van der Waals surface area contributed by atoms with Gasteiger partial charge in [-0.3, -0.25) is 0 Å². The van der Waals surface area contributed by atoms with Crippen LogP contribution in [0, 0.1) is 0 Å². The van der Waals surface area contributed by atoms with Crippen molar-refractivity contribution in [2.45, 2.75) is 0 Å². The maximum atomic E-state index is 9.38. The van der Waals surface area contributed by atoms with Crippen molar-refractivity contribution in [2.75, 3.05) is 0 Å². The van der Waals surface area contributed by atoms with Crippen LogP contribution in [0.3, 0.4) is 0 Å². The minimum Gasteiger partial charge on any atom is -0.505 e. The smallest absolute Gasteiger partial charge is 0.153 e. The molecule has 16 heavy (non-hydrogen) atoms. The highest BCUT2D eigenvalue weighted by atomic mass is 35.5. The van der Waals surface area contributed by atoms with Crippen molar-refractivity contribution in [3.63, 3.8) is 0 Å². The molecule has 0 unspecified atom stereocenters. The van der Waals surface area contributed by atoms with E-state index in [0.717, 1.165) is 0 Å². The number of phenols is 1. The molecule has 0 amide bonds. The maximum absolute atomic E-state index is 9.38. The van der Waals surface area contributed by atoms with E-state index in [-0.39, 0.29) is 15.8 Å². The molecular formula is C12H8Cl2O2. The van der Waals surface area contributed by atoms with E-state index in [1.165, 1.54) is 12.1 Å². The first kappa shape index (κ1) is 11.1. The minimum atomic E-state index is -0.135. The fraction of sp³-hybridized carbons (Fsp3) is 0. The summed E-state index contributed by atoms with van der Waals surface area (Å²) in [6, 6.07) is 12.3. The molecule has 0 spiro atoms. The second kappa shape index (κ2) is 4.64. The van der Waals surface area contributed by atoms with Gasteiger partial charge in [-0.1, -0.05) is 41.4 Å². The van der Waals surface area contributed by atoms with Crippen LogP contribution in [0.25, 0.3) is 0 Å². The van der Waals surface area contributed by atoms with Gasteiger partial charge in [0, 0.05) is 12.1 Å². The summed E-state index contributed by atoms with van der Waals surface area (Å²) in [5.74, 6) is 1.03. The second-order valence-corrected chi connectivity index (χ2v) is 3.97. The quantitative estimate of drug-likeness (QED) is 0.856. The molecule has 0 aliphatic carbocycles. The van der Waals surface area contributed by atoms with Crippen molar-refractivity contribution >= 4 is 23.2 Å². The molecule has 0 saturated heterocycles. The fourth-order valence-electron chi connectivity index (χ4n) is 1.23. The molecule has 0 radical (unpaired) electrons. The largest absolute Gasteiger partial charge is 0.505 e. The highest BCUT2D eigenvalue weighted by Gasteiger charge is 2.07. The SMILES string of the molecule is Oc1c(Cl)cc(Oc2ccccc2)cc1Cl. The van der Waals surface area contributed by atoms with Gasteiger partial charge in [0.1, 0.15) is 11.5 Å². The first-order valence-electron chi connectivity index (χ1n) is 4.58. The average molecular weight is 255 g/mol. The Kier molecular flexibility index (Phi) is 3.22. The number of halogens is 2. The van der Waals surface area contributed by atoms with E-state index >= 15 is 0 Å². The van der Waals surface area contributed by atoms with Crippen LogP contribution in [0.15, 0.2) is 42.5 Å². The molecule has 2 aromatic carbocycles. The van der Waals surface area contributed by atoms with Crippen molar-refractivity contribution in [1.29, 1.82) is 0 Å². The molecule has 82 valence electrons. The van der Waals surface area contributed by atoms with Crippen molar-refractivity contribution in [2.24, 2.45) is 0 Å². The van der Waals surface area contributed by atoms with E-state index in [0.29, 0.717) is 11.5 Å². The summed E-state index contributed by atoms with van der Waals surface area (Å²) in [7, 11) is 0. The normalized spacial score (nSPS) is 10.1. The van der Waals surface area contributed by atoms with Crippen LogP contribution < -0.4 is 4.74 Å². The number of para-hydroxylation sites is 1. The number of hydrogen-bond acceptors (Lipinski definition) is 2. The zero-order valence-electron chi connectivity index (χ0n) is 8.15. The molecule has 2 nitrogen and oxygen atoms in total. The first-order chi connectivity index (χ1) is 7.66. The van der Waals surface area contributed by atoms with Crippen LogP contribution in [-0.2, 0) is 0 Å². The Balaban J connectivity index is 2.29. The average Bonchev–Trinajstić information content (AvgIpc) is 2.27. The van der Waals surface area contributed by atoms with Crippen LogP contribution in [-0.4, -0.2) is 5.11 Å². The van der Waals surface area contributed by atoms with Crippen LogP contribution in [0.2, 0.25) is 10.0 Å². The van der Waals surface area contributed by atoms with Gasteiger partial charge in [0.25, 0.3) is 0 Å².